The number of nitrogens with one attached hydrogen (secondary N) is 1. The average Bonchev–Trinajstić information content (AvgIpc) is 3.17. The fourth-order valence-corrected chi connectivity index (χ4v) is 5.02. The number of fused-ring (bicyclic) bond motifs is 2. The molecule has 164 valence electrons. The van der Waals surface area contributed by atoms with Gasteiger partial charge in [-0.25, -0.2) is 9.97 Å². The van der Waals surface area contributed by atoms with Crippen molar-refractivity contribution < 1.29 is 9.53 Å². The number of rotatable bonds is 3. The van der Waals surface area contributed by atoms with Crippen LogP contribution in [0.1, 0.15) is 58.7 Å². The minimum atomic E-state index is 0.0680. The summed E-state index contributed by atoms with van der Waals surface area (Å²) < 4.78 is 5.78. The van der Waals surface area contributed by atoms with Gasteiger partial charge in [-0.3, -0.25) is 4.79 Å². The average molecular weight is 422 g/mol. The van der Waals surface area contributed by atoms with Gasteiger partial charge in [-0.05, 0) is 70.1 Å². The third kappa shape index (κ3) is 3.87. The lowest BCUT2D eigenvalue weighted by molar-refractivity contribution is 0.0731. The van der Waals surface area contributed by atoms with Crippen LogP contribution >= 0.6 is 0 Å². The standard InChI is InChI=1S/C24H31N5O2/c1-15-12-18-13-17(4-5-21(18)31-15)24(30)29-11-8-19-20(14-29)26-22(27-23(19)25-2)16-6-9-28(3)10-7-16/h4-5,13,15-16H,6-12,14H2,1-3H3,(H,25,26,27). The van der Waals surface area contributed by atoms with E-state index in [1.165, 1.54) is 0 Å². The molecule has 0 aliphatic carbocycles. The van der Waals surface area contributed by atoms with Crippen LogP contribution in [0.15, 0.2) is 18.2 Å². The minimum Gasteiger partial charge on any atom is -0.490 e. The summed E-state index contributed by atoms with van der Waals surface area (Å²) in [4.78, 5) is 27.4. The van der Waals surface area contributed by atoms with Crippen molar-refractivity contribution in [3.63, 3.8) is 0 Å². The number of benzene rings is 1. The Balaban J connectivity index is 1.38. The van der Waals surface area contributed by atoms with E-state index in [9.17, 15) is 4.79 Å². The minimum absolute atomic E-state index is 0.0680. The van der Waals surface area contributed by atoms with Crippen molar-refractivity contribution in [2.75, 3.05) is 39.0 Å². The van der Waals surface area contributed by atoms with Crippen LogP contribution in [0, 0.1) is 0 Å². The molecule has 1 atom stereocenters. The topological polar surface area (TPSA) is 70.6 Å². The number of hydrogen-bond donors (Lipinski definition) is 1. The third-order valence-electron chi connectivity index (χ3n) is 6.83. The van der Waals surface area contributed by atoms with Crippen molar-refractivity contribution in [3.8, 4) is 5.75 Å². The lowest BCUT2D eigenvalue weighted by Gasteiger charge is -2.32. The van der Waals surface area contributed by atoms with Gasteiger partial charge in [0.25, 0.3) is 5.91 Å². The van der Waals surface area contributed by atoms with Crippen LogP contribution in [0.2, 0.25) is 0 Å². The van der Waals surface area contributed by atoms with Gasteiger partial charge >= 0.3 is 0 Å². The van der Waals surface area contributed by atoms with Gasteiger partial charge in [0.2, 0.25) is 0 Å². The summed E-state index contributed by atoms with van der Waals surface area (Å²) in [5.41, 5.74) is 4.00. The zero-order valence-electron chi connectivity index (χ0n) is 18.6. The number of nitrogens with zero attached hydrogens (tertiary/aromatic N) is 4. The van der Waals surface area contributed by atoms with Crippen LogP contribution in [0.5, 0.6) is 5.75 Å². The Kier molecular flexibility index (Phi) is 5.30. The van der Waals surface area contributed by atoms with Gasteiger partial charge in [0.1, 0.15) is 23.5 Å². The maximum atomic E-state index is 13.3. The predicted octanol–water partition coefficient (Wildman–Crippen LogP) is 2.85. The molecule has 31 heavy (non-hydrogen) atoms. The number of ether oxygens (including phenoxy) is 1. The predicted molar refractivity (Wildman–Crippen MR) is 120 cm³/mol. The molecule has 1 aromatic heterocycles. The van der Waals surface area contributed by atoms with Crippen molar-refractivity contribution in [1.29, 1.82) is 0 Å². The van der Waals surface area contributed by atoms with Crippen molar-refractivity contribution in [2.45, 2.75) is 51.2 Å². The normalized spacial score (nSPS) is 21.4. The van der Waals surface area contributed by atoms with Gasteiger partial charge in [-0.2, -0.15) is 0 Å². The van der Waals surface area contributed by atoms with E-state index in [2.05, 4.69) is 24.2 Å². The Morgan fingerprint density at radius 1 is 1.19 bits per heavy atom. The number of aromatic nitrogens is 2. The van der Waals surface area contributed by atoms with Crippen LogP contribution in [-0.4, -0.2) is 65.5 Å². The second kappa shape index (κ2) is 8.11. The largest absolute Gasteiger partial charge is 0.490 e. The molecule has 1 unspecified atom stereocenters. The summed E-state index contributed by atoms with van der Waals surface area (Å²) in [7, 11) is 4.09. The van der Waals surface area contributed by atoms with Gasteiger partial charge in [0, 0.05) is 37.1 Å². The Bertz CT molecular complexity index is 1000. The molecule has 5 rings (SSSR count). The van der Waals surface area contributed by atoms with Gasteiger partial charge in [0.15, 0.2) is 0 Å². The van der Waals surface area contributed by atoms with Crippen molar-refractivity contribution >= 4 is 11.7 Å². The first-order chi connectivity index (χ1) is 15.0. The molecule has 1 amide bonds. The fraction of sp³-hybridized carbons (Fsp3) is 0.542. The van der Waals surface area contributed by atoms with E-state index < -0.39 is 0 Å². The van der Waals surface area contributed by atoms with Crippen LogP contribution in [0.25, 0.3) is 0 Å². The molecule has 1 saturated heterocycles. The maximum Gasteiger partial charge on any atom is 0.254 e. The molecular formula is C24H31N5O2. The molecule has 3 aliphatic rings. The third-order valence-corrected chi connectivity index (χ3v) is 6.83. The lowest BCUT2D eigenvalue weighted by Crippen LogP contribution is -2.37. The second-order valence-corrected chi connectivity index (χ2v) is 9.12. The molecule has 4 heterocycles. The highest BCUT2D eigenvalue weighted by molar-refractivity contribution is 5.94. The van der Waals surface area contributed by atoms with Gasteiger partial charge in [0.05, 0.1) is 12.2 Å². The molecule has 0 bridgehead atoms. The van der Waals surface area contributed by atoms with Crippen LogP contribution in [-0.2, 0) is 19.4 Å². The van der Waals surface area contributed by atoms with E-state index >= 15 is 0 Å². The molecule has 1 fully saturated rings. The first-order valence-electron chi connectivity index (χ1n) is 11.4. The molecule has 1 aromatic carbocycles. The SMILES string of the molecule is CNc1nc(C2CCN(C)CC2)nc2c1CCN(C(=O)c1ccc3c(c1)CC(C)O3)C2. The zero-order valence-corrected chi connectivity index (χ0v) is 18.6. The van der Waals surface area contributed by atoms with E-state index in [1.54, 1.807) is 0 Å². The maximum absolute atomic E-state index is 13.3. The molecule has 0 radical (unpaired) electrons. The van der Waals surface area contributed by atoms with Gasteiger partial charge in [-0.1, -0.05) is 0 Å². The second-order valence-electron chi connectivity index (χ2n) is 9.12. The molecule has 7 nitrogen and oxygen atoms in total. The van der Waals surface area contributed by atoms with Crippen LogP contribution in [0.4, 0.5) is 5.82 Å². The number of amides is 1. The van der Waals surface area contributed by atoms with Crippen LogP contribution in [0.3, 0.4) is 0 Å². The van der Waals surface area contributed by atoms with E-state index in [4.69, 9.17) is 14.7 Å². The Morgan fingerprint density at radius 3 is 2.77 bits per heavy atom. The summed E-state index contributed by atoms with van der Waals surface area (Å²) in [6, 6.07) is 5.82. The number of anilines is 1. The Hall–Kier alpha value is -2.67. The monoisotopic (exact) mass is 421 g/mol. The highest BCUT2D eigenvalue weighted by Crippen LogP contribution is 2.32. The summed E-state index contributed by atoms with van der Waals surface area (Å²) in [6.07, 6.45) is 3.97. The van der Waals surface area contributed by atoms with E-state index in [0.717, 1.165) is 78.5 Å². The van der Waals surface area contributed by atoms with Crippen molar-refractivity contribution in [3.05, 3.63) is 46.4 Å². The Morgan fingerprint density at radius 2 is 2.00 bits per heavy atom. The van der Waals surface area contributed by atoms with Gasteiger partial charge < -0.3 is 19.9 Å². The highest BCUT2D eigenvalue weighted by atomic mass is 16.5. The van der Waals surface area contributed by atoms with E-state index in [-0.39, 0.29) is 12.0 Å². The first-order valence-corrected chi connectivity index (χ1v) is 11.4. The summed E-state index contributed by atoms with van der Waals surface area (Å²) >= 11 is 0. The number of likely N-dealkylation sites (tertiary alicyclic amines) is 1. The molecular weight excluding hydrogens is 390 g/mol. The van der Waals surface area contributed by atoms with Crippen molar-refractivity contribution in [1.82, 2.24) is 19.8 Å². The quantitative estimate of drug-likeness (QED) is 0.822. The summed E-state index contributed by atoms with van der Waals surface area (Å²) in [6.45, 7) is 5.43. The zero-order chi connectivity index (χ0) is 21.5. The molecule has 0 spiro atoms. The smallest absolute Gasteiger partial charge is 0.254 e. The highest BCUT2D eigenvalue weighted by Gasteiger charge is 2.29. The summed E-state index contributed by atoms with van der Waals surface area (Å²) in [5, 5.41) is 3.27. The first kappa shape index (κ1) is 20.2. The molecule has 3 aliphatic heterocycles. The summed E-state index contributed by atoms with van der Waals surface area (Å²) in [5.74, 6) is 3.21. The lowest BCUT2D eigenvalue weighted by atomic mass is 9.95. The van der Waals surface area contributed by atoms with Crippen molar-refractivity contribution in [2.24, 2.45) is 0 Å². The molecule has 1 N–H and O–H groups in total. The number of carbonyl (C=O) groups excluding carboxylic acids is 1. The fourth-order valence-electron chi connectivity index (χ4n) is 5.02. The number of hydrogen-bond acceptors (Lipinski definition) is 6. The number of piperidine rings is 1. The van der Waals surface area contributed by atoms with Crippen LogP contribution < -0.4 is 10.1 Å². The Labute approximate surface area is 183 Å². The van der Waals surface area contributed by atoms with E-state index in [1.807, 2.05) is 30.1 Å². The van der Waals surface area contributed by atoms with Gasteiger partial charge in [-0.15, -0.1) is 0 Å². The van der Waals surface area contributed by atoms with E-state index in [0.29, 0.717) is 19.0 Å². The molecule has 2 aromatic rings. The molecule has 7 heteroatoms. The molecule has 0 saturated carbocycles. The number of carbonyl (C=O) groups is 1.